The van der Waals surface area contributed by atoms with Crippen LogP contribution in [0.25, 0.3) is 11.1 Å². The van der Waals surface area contributed by atoms with Crippen LogP contribution in [0.3, 0.4) is 0 Å². The second-order valence-electron chi connectivity index (χ2n) is 8.32. The zero-order chi connectivity index (χ0) is 24.5. The van der Waals surface area contributed by atoms with E-state index in [2.05, 4.69) is 10.1 Å². The van der Waals surface area contributed by atoms with Gasteiger partial charge in [0.1, 0.15) is 12.5 Å². The Bertz CT molecular complexity index is 1060. The number of amides is 2. The predicted molar refractivity (Wildman–Crippen MR) is 116 cm³/mol. The Kier molecular flexibility index (Phi) is 6.52. The minimum Gasteiger partial charge on any atom is -0.480 e. The summed E-state index contributed by atoms with van der Waals surface area (Å²) in [4.78, 5) is 35.5. The van der Waals surface area contributed by atoms with E-state index in [9.17, 15) is 23.2 Å². The molecule has 0 spiro atoms. The fourth-order valence-corrected chi connectivity index (χ4v) is 4.45. The van der Waals surface area contributed by atoms with Crippen LogP contribution in [0.4, 0.5) is 13.6 Å². The zero-order valence-corrected chi connectivity index (χ0v) is 18.3. The summed E-state index contributed by atoms with van der Waals surface area (Å²) >= 11 is 0. The van der Waals surface area contributed by atoms with Crippen molar-refractivity contribution in [2.24, 2.45) is 11.8 Å². The molecule has 3 N–H and O–H groups in total. The number of alkyl carbamates (subject to hydrolysis) is 1. The van der Waals surface area contributed by atoms with E-state index in [0.717, 1.165) is 22.3 Å². The van der Waals surface area contributed by atoms with Crippen LogP contribution in [0, 0.1) is 11.8 Å². The number of carbonyl (C=O) groups is 3. The van der Waals surface area contributed by atoms with Gasteiger partial charge in [-0.2, -0.15) is 0 Å². The first-order valence-corrected chi connectivity index (χ1v) is 10.7. The molecule has 0 radical (unpaired) electrons. The summed E-state index contributed by atoms with van der Waals surface area (Å²) in [6.07, 6.45) is -0.869. The van der Waals surface area contributed by atoms with Gasteiger partial charge in [0, 0.05) is 19.6 Å². The van der Waals surface area contributed by atoms with E-state index in [4.69, 9.17) is 9.84 Å². The van der Waals surface area contributed by atoms with Gasteiger partial charge < -0.3 is 25.2 Å². The molecule has 1 fully saturated rings. The lowest BCUT2D eigenvalue weighted by Gasteiger charge is -2.14. The zero-order valence-electron chi connectivity index (χ0n) is 18.3. The minimum atomic E-state index is -3.36. The fraction of sp³-hybridized carbons (Fsp3) is 0.375. The van der Waals surface area contributed by atoms with Crippen molar-refractivity contribution in [1.29, 1.82) is 0 Å². The average Bonchev–Trinajstić information content (AvgIpc) is 3.22. The Morgan fingerprint density at radius 2 is 1.65 bits per heavy atom. The van der Waals surface area contributed by atoms with Gasteiger partial charge in [-0.25, -0.2) is 18.4 Å². The highest BCUT2D eigenvalue weighted by Gasteiger charge is 2.71. The van der Waals surface area contributed by atoms with Crippen molar-refractivity contribution >= 4 is 18.0 Å². The molecule has 2 aromatic rings. The number of carboxylic acids is 1. The van der Waals surface area contributed by atoms with Crippen molar-refractivity contribution in [3.63, 3.8) is 0 Å². The van der Waals surface area contributed by atoms with Crippen molar-refractivity contribution in [1.82, 2.24) is 10.6 Å². The van der Waals surface area contributed by atoms with E-state index < -0.39 is 48.3 Å². The number of halogens is 2. The second kappa shape index (κ2) is 9.38. The summed E-state index contributed by atoms with van der Waals surface area (Å²) in [6.45, 7) is -0.812. The van der Waals surface area contributed by atoms with E-state index in [-0.39, 0.29) is 19.1 Å². The number of methoxy groups -OCH3 is 1. The first-order valence-electron chi connectivity index (χ1n) is 10.7. The minimum absolute atomic E-state index is 0.0299. The van der Waals surface area contributed by atoms with Crippen LogP contribution < -0.4 is 10.6 Å². The largest absolute Gasteiger partial charge is 0.480 e. The van der Waals surface area contributed by atoms with Gasteiger partial charge in [0.15, 0.2) is 6.04 Å². The van der Waals surface area contributed by atoms with Crippen LogP contribution in [-0.4, -0.2) is 61.9 Å². The molecule has 8 nitrogen and oxygen atoms in total. The first kappa shape index (κ1) is 23.6. The SMILES string of the molecule is COC[C@H](NC(=O)[C@@H]1[C@H](CNC(=O)OCC2c3ccccc3-c3ccccc32)C1(F)F)C(=O)O. The van der Waals surface area contributed by atoms with E-state index in [0.29, 0.717) is 0 Å². The molecule has 180 valence electrons. The number of fused-ring (bicyclic) bond motifs is 3. The summed E-state index contributed by atoms with van der Waals surface area (Å²) in [7, 11) is 1.23. The summed E-state index contributed by atoms with van der Waals surface area (Å²) in [5.74, 6) is -9.23. The molecule has 0 aliphatic heterocycles. The number of nitrogens with one attached hydrogen (secondary N) is 2. The highest BCUT2D eigenvalue weighted by atomic mass is 19.3. The van der Waals surface area contributed by atoms with Crippen LogP contribution in [0.2, 0.25) is 0 Å². The molecule has 34 heavy (non-hydrogen) atoms. The smallest absolute Gasteiger partial charge is 0.407 e. The third kappa shape index (κ3) is 4.45. The topological polar surface area (TPSA) is 114 Å². The molecular weight excluding hydrogens is 450 g/mol. The number of hydrogen-bond donors (Lipinski definition) is 3. The molecule has 2 aliphatic carbocycles. The van der Waals surface area contributed by atoms with E-state index >= 15 is 0 Å². The van der Waals surface area contributed by atoms with Crippen molar-refractivity contribution in [2.75, 3.05) is 26.9 Å². The van der Waals surface area contributed by atoms with Crippen molar-refractivity contribution in [3.8, 4) is 11.1 Å². The number of hydrogen-bond acceptors (Lipinski definition) is 5. The third-order valence-corrected chi connectivity index (χ3v) is 6.24. The van der Waals surface area contributed by atoms with Crippen LogP contribution in [0.5, 0.6) is 0 Å². The number of benzene rings is 2. The molecule has 2 amide bonds. The molecule has 0 unspecified atom stereocenters. The monoisotopic (exact) mass is 474 g/mol. The Labute approximate surface area is 194 Å². The van der Waals surface area contributed by atoms with Crippen molar-refractivity contribution in [3.05, 3.63) is 59.7 Å². The highest BCUT2D eigenvalue weighted by Crippen LogP contribution is 2.55. The Balaban J connectivity index is 1.31. The number of carbonyl (C=O) groups excluding carboxylic acids is 2. The average molecular weight is 474 g/mol. The van der Waals surface area contributed by atoms with Gasteiger partial charge in [0.2, 0.25) is 5.91 Å². The number of rotatable bonds is 9. The lowest BCUT2D eigenvalue weighted by atomic mass is 9.98. The summed E-state index contributed by atoms with van der Waals surface area (Å²) < 4.78 is 38.3. The Morgan fingerprint density at radius 1 is 1.06 bits per heavy atom. The Morgan fingerprint density at radius 3 is 2.21 bits per heavy atom. The quantitative estimate of drug-likeness (QED) is 0.515. The predicted octanol–water partition coefficient (Wildman–Crippen LogP) is 2.62. The van der Waals surface area contributed by atoms with Crippen LogP contribution in [0.15, 0.2) is 48.5 Å². The summed E-state index contributed by atoms with van der Waals surface area (Å²) in [5.41, 5.74) is 4.16. The maximum absolute atomic E-state index is 14.1. The summed E-state index contributed by atoms with van der Waals surface area (Å²) in [6, 6.07) is 14.1. The van der Waals surface area contributed by atoms with E-state index in [1.165, 1.54) is 7.11 Å². The van der Waals surface area contributed by atoms with Crippen LogP contribution in [-0.2, 0) is 19.1 Å². The Hall–Kier alpha value is -3.53. The standard InChI is InChI=1S/C24H24F2N2O6/c1-33-12-19(22(30)31)28-21(29)20-18(24(20,25)26)10-27-23(32)34-11-17-15-8-4-2-6-13(15)14-7-3-5-9-16(14)17/h2-9,17-20H,10-12H2,1H3,(H,27,32)(H,28,29)(H,30,31)/t18-,19-,20-/m0/s1. The molecule has 3 atom stereocenters. The fourth-order valence-electron chi connectivity index (χ4n) is 4.45. The van der Waals surface area contributed by atoms with Gasteiger partial charge in [0.05, 0.1) is 12.5 Å². The third-order valence-electron chi connectivity index (χ3n) is 6.24. The highest BCUT2D eigenvalue weighted by molar-refractivity contribution is 5.88. The summed E-state index contributed by atoms with van der Waals surface area (Å²) in [5, 5.41) is 13.4. The molecule has 0 heterocycles. The van der Waals surface area contributed by atoms with Crippen LogP contribution in [0.1, 0.15) is 17.0 Å². The lowest BCUT2D eigenvalue weighted by Crippen LogP contribution is -2.45. The van der Waals surface area contributed by atoms with Gasteiger partial charge in [-0.05, 0) is 22.3 Å². The maximum Gasteiger partial charge on any atom is 0.407 e. The van der Waals surface area contributed by atoms with Gasteiger partial charge in [-0.1, -0.05) is 48.5 Å². The first-order chi connectivity index (χ1) is 16.3. The molecule has 2 aromatic carbocycles. The molecule has 0 bridgehead atoms. The van der Waals surface area contributed by atoms with Crippen LogP contribution >= 0.6 is 0 Å². The van der Waals surface area contributed by atoms with Gasteiger partial charge in [0.25, 0.3) is 5.92 Å². The normalized spacial score (nSPS) is 20.6. The van der Waals surface area contributed by atoms with Gasteiger partial charge in [-0.15, -0.1) is 0 Å². The molecule has 1 saturated carbocycles. The van der Waals surface area contributed by atoms with Crippen molar-refractivity contribution in [2.45, 2.75) is 17.9 Å². The number of carboxylic acid groups (broad SMARTS) is 1. The molecular formula is C24H24F2N2O6. The molecule has 0 aromatic heterocycles. The van der Waals surface area contributed by atoms with Gasteiger partial charge in [-0.3, -0.25) is 4.79 Å². The molecule has 0 saturated heterocycles. The second-order valence-corrected chi connectivity index (χ2v) is 8.32. The maximum atomic E-state index is 14.1. The lowest BCUT2D eigenvalue weighted by molar-refractivity contribution is -0.143. The molecule has 10 heteroatoms. The van der Waals surface area contributed by atoms with E-state index in [1.807, 2.05) is 53.8 Å². The molecule has 4 rings (SSSR count). The van der Waals surface area contributed by atoms with Gasteiger partial charge >= 0.3 is 12.1 Å². The van der Waals surface area contributed by atoms with E-state index in [1.54, 1.807) is 0 Å². The number of alkyl halides is 2. The number of aliphatic carboxylic acids is 1. The van der Waals surface area contributed by atoms with Crippen molar-refractivity contribution < 1.29 is 37.7 Å². The number of ether oxygens (including phenoxy) is 2. The molecule has 2 aliphatic rings.